The largest absolute Gasteiger partial charge is 0.296 e. The summed E-state index contributed by atoms with van der Waals surface area (Å²) in [5, 5.41) is 0. The van der Waals surface area contributed by atoms with Gasteiger partial charge >= 0.3 is 0 Å². The van der Waals surface area contributed by atoms with Crippen LogP contribution in [0, 0.1) is 17.6 Å². The van der Waals surface area contributed by atoms with E-state index >= 15 is 0 Å². The average Bonchev–Trinajstić information content (AvgIpc) is 3.11. The molecule has 1 aliphatic rings. The number of nitrogens with zero attached hydrogens (tertiary/aromatic N) is 1. The van der Waals surface area contributed by atoms with Gasteiger partial charge < -0.3 is 0 Å². The number of benzene rings is 1. The first kappa shape index (κ1) is 13.1. The maximum Gasteiger partial charge on any atom is 0.182 e. The first-order valence-electron chi connectivity index (χ1n) is 6.18. The van der Waals surface area contributed by atoms with Crippen LogP contribution in [-0.4, -0.2) is 30.3 Å². The van der Waals surface area contributed by atoms with E-state index in [1.165, 1.54) is 18.9 Å². The summed E-state index contributed by atoms with van der Waals surface area (Å²) in [7, 11) is 1.86. The minimum absolute atomic E-state index is 0.0356. The number of likely N-dealkylation sites (N-methyl/N-ethyl adjacent to an activating group) is 1. The summed E-state index contributed by atoms with van der Waals surface area (Å²) in [6.07, 6.45) is 2.41. The van der Waals surface area contributed by atoms with Crippen LogP contribution in [-0.2, 0) is 0 Å². The van der Waals surface area contributed by atoms with Gasteiger partial charge in [-0.05, 0) is 44.9 Å². The predicted octanol–water partition coefficient (Wildman–Crippen LogP) is 2.88. The van der Waals surface area contributed by atoms with E-state index in [1.807, 2.05) is 11.9 Å². The number of Topliss-reactive ketones (excluding diaryl/α,β-unsaturated/α-hetero) is 1. The molecule has 0 amide bonds. The summed E-state index contributed by atoms with van der Waals surface area (Å²) in [6.45, 7) is 2.61. The van der Waals surface area contributed by atoms with Gasteiger partial charge in [0.1, 0.15) is 11.6 Å². The van der Waals surface area contributed by atoms with Crippen LogP contribution < -0.4 is 0 Å². The van der Waals surface area contributed by atoms with Gasteiger partial charge in [0.05, 0.1) is 11.6 Å². The molecule has 0 radical (unpaired) electrons. The van der Waals surface area contributed by atoms with Crippen molar-refractivity contribution >= 4 is 5.78 Å². The number of hydrogen-bond donors (Lipinski definition) is 0. The smallest absolute Gasteiger partial charge is 0.182 e. The Balaban J connectivity index is 2.08. The van der Waals surface area contributed by atoms with Crippen molar-refractivity contribution in [2.75, 3.05) is 13.6 Å². The second-order valence-corrected chi connectivity index (χ2v) is 5.05. The van der Waals surface area contributed by atoms with Crippen molar-refractivity contribution in [3.63, 3.8) is 0 Å². The molecule has 1 aromatic carbocycles. The van der Waals surface area contributed by atoms with Crippen molar-refractivity contribution in [1.82, 2.24) is 4.90 Å². The molecule has 1 unspecified atom stereocenters. The zero-order valence-electron chi connectivity index (χ0n) is 10.6. The summed E-state index contributed by atoms with van der Waals surface area (Å²) < 4.78 is 26.3. The van der Waals surface area contributed by atoms with Gasteiger partial charge in [0.15, 0.2) is 5.78 Å². The first-order valence-corrected chi connectivity index (χ1v) is 6.18. The minimum Gasteiger partial charge on any atom is -0.296 e. The molecule has 1 fully saturated rings. The normalized spacial score (nSPS) is 16.9. The molecule has 18 heavy (non-hydrogen) atoms. The van der Waals surface area contributed by atoms with Crippen LogP contribution in [0.5, 0.6) is 0 Å². The number of carbonyl (C=O) groups excluding carboxylic acids is 1. The van der Waals surface area contributed by atoms with Gasteiger partial charge in [0, 0.05) is 12.6 Å². The predicted molar refractivity (Wildman–Crippen MR) is 65.5 cm³/mol. The number of ketones is 1. The Hall–Kier alpha value is -1.29. The van der Waals surface area contributed by atoms with Crippen LogP contribution >= 0.6 is 0 Å². The number of rotatable bonds is 5. The molecule has 98 valence electrons. The molecule has 0 heterocycles. The Morgan fingerprint density at radius 3 is 2.67 bits per heavy atom. The fourth-order valence-electron chi connectivity index (χ4n) is 1.98. The Labute approximate surface area is 106 Å². The molecule has 0 saturated heterocycles. The molecule has 1 aromatic rings. The fourth-order valence-corrected chi connectivity index (χ4v) is 1.98. The Morgan fingerprint density at radius 2 is 2.11 bits per heavy atom. The van der Waals surface area contributed by atoms with Crippen molar-refractivity contribution in [2.24, 2.45) is 5.92 Å². The van der Waals surface area contributed by atoms with Crippen molar-refractivity contribution in [3.05, 3.63) is 35.4 Å². The van der Waals surface area contributed by atoms with Crippen LogP contribution in [0.1, 0.15) is 30.1 Å². The summed E-state index contributed by atoms with van der Waals surface area (Å²) >= 11 is 0. The third-order valence-electron chi connectivity index (χ3n) is 3.48. The highest BCUT2D eigenvalue weighted by Crippen LogP contribution is 2.30. The van der Waals surface area contributed by atoms with Crippen molar-refractivity contribution < 1.29 is 13.6 Å². The molecular weight excluding hydrogens is 236 g/mol. The molecule has 0 aliphatic heterocycles. The Kier molecular flexibility index (Phi) is 3.76. The van der Waals surface area contributed by atoms with E-state index in [0.29, 0.717) is 5.92 Å². The van der Waals surface area contributed by atoms with E-state index in [9.17, 15) is 13.6 Å². The monoisotopic (exact) mass is 253 g/mol. The minimum atomic E-state index is -0.785. The van der Waals surface area contributed by atoms with E-state index in [1.54, 1.807) is 6.92 Å². The molecule has 0 aromatic heterocycles. The van der Waals surface area contributed by atoms with Gasteiger partial charge in [-0.25, -0.2) is 8.78 Å². The average molecular weight is 253 g/mol. The van der Waals surface area contributed by atoms with E-state index in [2.05, 4.69) is 0 Å². The Morgan fingerprint density at radius 1 is 1.44 bits per heavy atom. The highest BCUT2D eigenvalue weighted by Gasteiger charge is 2.28. The molecule has 2 nitrogen and oxygen atoms in total. The van der Waals surface area contributed by atoms with Crippen LogP contribution in [0.4, 0.5) is 8.78 Å². The molecule has 2 rings (SSSR count). The summed E-state index contributed by atoms with van der Waals surface area (Å²) in [5.41, 5.74) is -0.0356. The summed E-state index contributed by atoms with van der Waals surface area (Å²) in [4.78, 5) is 14.0. The van der Waals surface area contributed by atoms with E-state index in [0.717, 1.165) is 18.7 Å². The summed E-state index contributed by atoms with van der Waals surface area (Å²) in [6, 6.07) is 2.70. The number of hydrogen-bond acceptors (Lipinski definition) is 2. The van der Waals surface area contributed by atoms with E-state index < -0.39 is 11.6 Å². The third-order valence-corrected chi connectivity index (χ3v) is 3.48. The van der Waals surface area contributed by atoms with Gasteiger partial charge in [-0.2, -0.15) is 0 Å². The fraction of sp³-hybridized carbons (Fsp3) is 0.500. The Bertz CT molecular complexity index is 457. The molecule has 1 saturated carbocycles. The molecule has 0 spiro atoms. The van der Waals surface area contributed by atoms with Crippen LogP contribution in [0.15, 0.2) is 18.2 Å². The topological polar surface area (TPSA) is 20.3 Å². The molecule has 4 heteroatoms. The zero-order valence-corrected chi connectivity index (χ0v) is 10.6. The van der Waals surface area contributed by atoms with Gasteiger partial charge in [-0.3, -0.25) is 9.69 Å². The summed E-state index contributed by atoms with van der Waals surface area (Å²) in [5.74, 6) is -1.08. The number of carbonyl (C=O) groups is 1. The van der Waals surface area contributed by atoms with Crippen LogP contribution in [0.2, 0.25) is 0 Å². The lowest BCUT2D eigenvalue weighted by molar-refractivity contribution is 0.0860. The SMILES string of the molecule is CC(C(=O)c1ccc(F)cc1F)N(C)CC1CC1. The van der Waals surface area contributed by atoms with E-state index in [-0.39, 0.29) is 17.4 Å². The maximum absolute atomic E-state index is 13.5. The molecule has 0 N–H and O–H groups in total. The number of halogens is 2. The maximum atomic E-state index is 13.5. The molecular formula is C14H17F2NO. The zero-order chi connectivity index (χ0) is 13.3. The molecule has 0 bridgehead atoms. The van der Waals surface area contributed by atoms with Crippen molar-refractivity contribution in [1.29, 1.82) is 0 Å². The van der Waals surface area contributed by atoms with Gasteiger partial charge in [-0.1, -0.05) is 0 Å². The molecule has 1 aliphatic carbocycles. The standard InChI is InChI=1S/C14H17F2NO/c1-9(17(2)8-10-3-4-10)14(18)12-6-5-11(15)7-13(12)16/h5-7,9-10H,3-4,8H2,1-2H3. The quantitative estimate of drug-likeness (QED) is 0.752. The lowest BCUT2D eigenvalue weighted by Crippen LogP contribution is -2.37. The highest BCUT2D eigenvalue weighted by atomic mass is 19.1. The van der Waals surface area contributed by atoms with Gasteiger partial charge in [-0.15, -0.1) is 0 Å². The van der Waals surface area contributed by atoms with Crippen LogP contribution in [0.25, 0.3) is 0 Å². The first-order chi connectivity index (χ1) is 8.49. The molecule has 1 atom stereocenters. The van der Waals surface area contributed by atoms with Crippen molar-refractivity contribution in [2.45, 2.75) is 25.8 Å². The second kappa shape index (κ2) is 5.14. The lowest BCUT2D eigenvalue weighted by atomic mass is 10.0. The van der Waals surface area contributed by atoms with Gasteiger partial charge in [0.25, 0.3) is 0 Å². The van der Waals surface area contributed by atoms with Gasteiger partial charge in [0.2, 0.25) is 0 Å². The van der Waals surface area contributed by atoms with E-state index in [4.69, 9.17) is 0 Å². The van der Waals surface area contributed by atoms with Crippen molar-refractivity contribution in [3.8, 4) is 0 Å². The van der Waals surface area contributed by atoms with Crippen LogP contribution in [0.3, 0.4) is 0 Å². The second-order valence-electron chi connectivity index (χ2n) is 5.05. The lowest BCUT2D eigenvalue weighted by Gasteiger charge is -2.23. The highest BCUT2D eigenvalue weighted by molar-refractivity contribution is 6.00. The third kappa shape index (κ3) is 2.93.